The van der Waals surface area contributed by atoms with Crippen LogP contribution in [0.15, 0.2) is 42.7 Å². The number of hydrogen-bond acceptors (Lipinski definition) is 4. The molecule has 1 fully saturated rings. The fourth-order valence-electron chi connectivity index (χ4n) is 3.45. The highest BCUT2D eigenvalue weighted by molar-refractivity contribution is 5.96. The second kappa shape index (κ2) is 7.03. The van der Waals surface area contributed by atoms with E-state index < -0.39 is 5.67 Å². The van der Waals surface area contributed by atoms with Gasteiger partial charge < -0.3 is 10.6 Å². The van der Waals surface area contributed by atoms with Crippen molar-refractivity contribution < 1.29 is 14.0 Å². The normalized spacial score (nSPS) is 21.1. The van der Waals surface area contributed by atoms with Gasteiger partial charge in [-0.15, -0.1) is 0 Å². The number of aromatic nitrogens is 3. The van der Waals surface area contributed by atoms with Gasteiger partial charge in [-0.05, 0) is 30.7 Å². The number of halogens is 1. The molecule has 7 nitrogen and oxygen atoms in total. The zero-order chi connectivity index (χ0) is 19.7. The zero-order valence-corrected chi connectivity index (χ0v) is 15.3. The second-order valence-electron chi connectivity index (χ2n) is 7.44. The Morgan fingerprint density at radius 1 is 1.29 bits per heavy atom. The number of alkyl halides is 1. The van der Waals surface area contributed by atoms with Gasteiger partial charge in [0, 0.05) is 36.2 Å². The first kappa shape index (κ1) is 18.1. The van der Waals surface area contributed by atoms with Gasteiger partial charge in [-0.25, -0.2) is 4.39 Å². The molecule has 0 bridgehead atoms. The van der Waals surface area contributed by atoms with Crippen LogP contribution in [0.5, 0.6) is 0 Å². The molecular weight excluding hydrogens is 361 g/mol. The van der Waals surface area contributed by atoms with E-state index in [0.717, 1.165) is 16.5 Å². The van der Waals surface area contributed by atoms with Gasteiger partial charge in [-0.3, -0.25) is 19.7 Å². The topological polar surface area (TPSA) is 99.8 Å². The monoisotopic (exact) mass is 381 g/mol. The van der Waals surface area contributed by atoms with E-state index in [0.29, 0.717) is 18.5 Å². The molecule has 2 amide bonds. The largest absolute Gasteiger partial charge is 0.348 e. The van der Waals surface area contributed by atoms with Gasteiger partial charge in [0.05, 0.1) is 18.1 Å². The number of nitrogens with one attached hydrogen (secondary N) is 3. The van der Waals surface area contributed by atoms with Gasteiger partial charge in [0.15, 0.2) is 0 Å². The molecule has 2 aromatic heterocycles. The molecule has 1 aliphatic rings. The van der Waals surface area contributed by atoms with Crippen molar-refractivity contribution in [2.75, 3.05) is 5.32 Å². The number of carbonyl (C=O) groups excluding carboxylic acids is 2. The van der Waals surface area contributed by atoms with Gasteiger partial charge in [-0.2, -0.15) is 5.10 Å². The standard InChI is InChI=1S/C20H20FN5O2/c1-20(21)9-15(10-20)25-19(28)17-8-14(4-5-22-17)24-18(27)7-12-2-3-13-11-23-26-16(13)6-12/h2-6,8,11,15H,7,9-10H2,1H3,(H,23,26)(H,25,28)(H,22,24,27). The summed E-state index contributed by atoms with van der Waals surface area (Å²) < 4.78 is 13.5. The Kier molecular flexibility index (Phi) is 4.54. The van der Waals surface area contributed by atoms with E-state index in [9.17, 15) is 14.0 Å². The third-order valence-electron chi connectivity index (χ3n) is 4.83. The summed E-state index contributed by atoms with van der Waals surface area (Å²) in [6.07, 6.45) is 3.98. The van der Waals surface area contributed by atoms with Crippen LogP contribution in [0.1, 0.15) is 35.8 Å². The van der Waals surface area contributed by atoms with Crippen molar-refractivity contribution in [2.24, 2.45) is 0 Å². The first-order chi connectivity index (χ1) is 13.4. The molecule has 2 heterocycles. The lowest BCUT2D eigenvalue weighted by molar-refractivity contribution is -0.115. The maximum atomic E-state index is 13.5. The predicted octanol–water partition coefficient (Wildman–Crippen LogP) is 2.76. The van der Waals surface area contributed by atoms with Crippen molar-refractivity contribution in [1.29, 1.82) is 0 Å². The Morgan fingerprint density at radius 2 is 2.11 bits per heavy atom. The number of carbonyl (C=O) groups is 2. The van der Waals surface area contributed by atoms with Crippen LogP contribution in [0.2, 0.25) is 0 Å². The van der Waals surface area contributed by atoms with Crippen LogP contribution >= 0.6 is 0 Å². The lowest BCUT2D eigenvalue weighted by Crippen LogP contribution is -2.51. The molecule has 0 spiro atoms. The van der Waals surface area contributed by atoms with Crippen LogP contribution in [0.3, 0.4) is 0 Å². The third-order valence-corrected chi connectivity index (χ3v) is 4.83. The maximum absolute atomic E-state index is 13.5. The minimum absolute atomic E-state index is 0.181. The number of hydrogen-bond donors (Lipinski definition) is 3. The minimum atomic E-state index is -1.21. The Hall–Kier alpha value is -3.29. The SMILES string of the molecule is CC1(F)CC(NC(=O)c2cc(NC(=O)Cc3ccc4cn[nH]c4c3)ccn2)C1. The summed E-state index contributed by atoms with van der Waals surface area (Å²) in [5.74, 6) is -0.579. The smallest absolute Gasteiger partial charge is 0.270 e. The van der Waals surface area contributed by atoms with Crippen LogP contribution in [0.4, 0.5) is 10.1 Å². The Bertz CT molecular complexity index is 1040. The molecule has 3 N–H and O–H groups in total. The van der Waals surface area contributed by atoms with E-state index >= 15 is 0 Å². The molecule has 0 radical (unpaired) electrons. The van der Waals surface area contributed by atoms with Crippen molar-refractivity contribution in [3.8, 4) is 0 Å². The Balaban J connectivity index is 1.37. The van der Waals surface area contributed by atoms with Crippen LogP contribution in [0.25, 0.3) is 10.9 Å². The molecule has 1 aliphatic carbocycles. The van der Waals surface area contributed by atoms with E-state index in [4.69, 9.17) is 0 Å². The van der Waals surface area contributed by atoms with Gasteiger partial charge in [0.1, 0.15) is 11.4 Å². The number of H-pyrrole nitrogens is 1. The first-order valence-electron chi connectivity index (χ1n) is 9.06. The van der Waals surface area contributed by atoms with Crippen molar-refractivity contribution in [3.63, 3.8) is 0 Å². The number of nitrogens with zero attached hydrogens (tertiary/aromatic N) is 2. The highest BCUT2D eigenvalue weighted by Crippen LogP contribution is 2.35. The van der Waals surface area contributed by atoms with Crippen LogP contribution in [-0.4, -0.2) is 38.7 Å². The van der Waals surface area contributed by atoms with E-state index in [-0.39, 0.29) is 30.0 Å². The molecule has 0 saturated heterocycles. The minimum Gasteiger partial charge on any atom is -0.348 e. The molecule has 28 heavy (non-hydrogen) atoms. The molecule has 1 saturated carbocycles. The number of rotatable bonds is 5. The Morgan fingerprint density at radius 3 is 2.89 bits per heavy atom. The summed E-state index contributed by atoms with van der Waals surface area (Å²) in [5, 5.41) is 13.4. The lowest BCUT2D eigenvalue weighted by Gasteiger charge is -2.38. The fraction of sp³-hybridized carbons (Fsp3) is 0.300. The second-order valence-corrected chi connectivity index (χ2v) is 7.44. The van der Waals surface area contributed by atoms with E-state index in [1.54, 1.807) is 12.3 Å². The number of amides is 2. The van der Waals surface area contributed by atoms with Crippen molar-refractivity contribution >= 4 is 28.4 Å². The predicted molar refractivity (Wildman–Crippen MR) is 103 cm³/mol. The molecule has 8 heteroatoms. The van der Waals surface area contributed by atoms with Gasteiger partial charge in [-0.1, -0.05) is 12.1 Å². The highest BCUT2D eigenvalue weighted by atomic mass is 19.1. The Labute approximate surface area is 160 Å². The van der Waals surface area contributed by atoms with Crippen LogP contribution < -0.4 is 10.6 Å². The molecule has 0 unspecified atom stereocenters. The molecule has 4 rings (SSSR count). The van der Waals surface area contributed by atoms with E-state index in [1.807, 2.05) is 18.2 Å². The van der Waals surface area contributed by atoms with Gasteiger partial charge >= 0.3 is 0 Å². The van der Waals surface area contributed by atoms with Crippen molar-refractivity contribution in [3.05, 3.63) is 54.0 Å². The van der Waals surface area contributed by atoms with Crippen LogP contribution in [-0.2, 0) is 11.2 Å². The molecule has 1 aromatic carbocycles. The average Bonchev–Trinajstić information content (AvgIpc) is 3.08. The van der Waals surface area contributed by atoms with Gasteiger partial charge in [0.2, 0.25) is 5.91 Å². The summed E-state index contributed by atoms with van der Waals surface area (Å²) in [4.78, 5) is 28.6. The number of aromatic amines is 1. The molecule has 0 aliphatic heterocycles. The number of fused-ring (bicyclic) bond motifs is 1. The number of anilines is 1. The van der Waals surface area contributed by atoms with Crippen molar-refractivity contribution in [1.82, 2.24) is 20.5 Å². The van der Waals surface area contributed by atoms with E-state index in [1.165, 1.54) is 19.2 Å². The highest BCUT2D eigenvalue weighted by Gasteiger charge is 2.41. The quantitative estimate of drug-likeness (QED) is 0.633. The zero-order valence-electron chi connectivity index (χ0n) is 15.3. The molecule has 144 valence electrons. The summed E-state index contributed by atoms with van der Waals surface area (Å²) >= 11 is 0. The third kappa shape index (κ3) is 4.00. The van der Waals surface area contributed by atoms with Crippen molar-refractivity contribution in [2.45, 2.75) is 37.9 Å². The van der Waals surface area contributed by atoms with Gasteiger partial charge in [0.25, 0.3) is 5.91 Å². The summed E-state index contributed by atoms with van der Waals surface area (Å²) in [7, 11) is 0. The molecule has 3 aromatic rings. The van der Waals surface area contributed by atoms with Crippen LogP contribution in [0, 0.1) is 0 Å². The molecular formula is C20H20FN5O2. The molecule has 0 atom stereocenters. The first-order valence-corrected chi connectivity index (χ1v) is 9.06. The summed E-state index contributed by atoms with van der Waals surface area (Å²) in [5.41, 5.74) is 1.18. The lowest BCUT2D eigenvalue weighted by atomic mass is 9.79. The maximum Gasteiger partial charge on any atom is 0.270 e. The summed E-state index contributed by atoms with van der Waals surface area (Å²) in [6.45, 7) is 1.52. The fourth-order valence-corrected chi connectivity index (χ4v) is 3.45. The number of benzene rings is 1. The summed E-state index contributed by atoms with van der Waals surface area (Å²) in [6, 6.07) is 8.61. The number of pyridine rings is 1. The average molecular weight is 381 g/mol. The van der Waals surface area contributed by atoms with E-state index in [2.05, 4.69) is 25.8 Å².